The van der Waals surface area contributed by atoms with Gasteiger partial charge in [-0.15, -0.1) is 11.3 Å². The van der Waals surface area contributed by atoms with E-state index in [0.717, 1.165) is 22.7 Å². The summed E-state index contributed by atoms with van der Waals surface area (Å²) in [6, 6.07) is 5.55. The normalized spacial score (nSPS) is 14.4. The predicted octanol–water partition coefficient (Wildman–Crippen LogP) is 2.95. The van der Waals surface area contributed by atoms with E-state index >= 15 is 0 Å². The second-order valence-corrected chi connectivity index (χ2v) is 7.89. The minimum atomic E-state index is -1.20. The Bertz CT molecular complexity index is 824. The van der Waals surface area contributed by atoms with Gasteiger partial charge < -0.3 is 15.5 Å². The fourth-order valence-corrected chi connectivity index (χ4v) is 3.97. The van der Waals surface area contributed by atoms with Gasteiger partial charge in [-0.05, 0) is 17.9 Å². The van der Waals surface area contributed by atoms with Gasteiger partial charge in [0.25, 0.3) is 5.69 Å². The summed E-state index contributed by atoms with van der Waals surface area (Å²) in [6.45, 7) is 5.92. The summed E-state index contributed by atoms with van der Waals surface area (Å²) in [5.74, 6) is -0.369. The molecule has 4 N–H and O–H groups in total. The van der Waals surface area contributed by atoms with E-state index in [9.17, 15) is 20.0 Å². The number of nitro groups is 1. The van der Waals surface area contributed by atoms with Crippen LogP contribution in [0.1, 0.15) is 43.0 Å². The van der Waals surface area contributed by atoms with Crippen molar-refractivity contribution in [3.05, 3.63) is 56.0 Å². The van der Waals surface area contributed by atoms with Crippen LogP contribution in [0.15, 0.2) is 29.6 Å². The summed E-state index contributed by atoms with van der Waals surface area (Å²) in [6.07, 6.45) is -1.52. The number of amides is 1. The van der Waals surface area contributed by atoms with Crippen molar-refractivity contribution in [2.24, 2.45) is 5.92 Å². The molecule has 1 aromatic heterocycles. The number of aromatic nitrogens is 1. The Balaban J connectivity index is 2.23. The van der Waals surface area contributed by atoms with E-state index in [2.05, 4.69) is 15.6 Å². The zero-order chi connectivity index (χ0) is 21.6. The molecule has 1 amide bonds. The van der Waals surface area contributed by atoms with E-state index in [1.165, 1.54) is 23.5 Å². The highest BCUT2D eigenvalue weighted by atomic mass is 32.1. The first-order valence-corrected chi connectivity index (χ1v) is 10.2. The average molecular weight is 423 g/mol. The van der Waals surface area contributed by atoms with E-state index < -0.39 is 23.3 Å². The van der Waals surface area contributed by atoms with Gasteiger partial charge in [-0.3, -0.25) is 15.4 Å². The van der Waals surface area contributed by atoms with E-state index in [4.69, 9.17) is 5.11 Å². The van der Waals surface area contributed by atoms with Crippen molar-refractivity contribution in [3.8, 4) is 0 Å². The monoisotopic (exact) mass is 422 g/mol. The summed E-state index contributed by atoms with van der Waals surface area (Å²) < 4.78 is 0. The molecule has 2 aromatic rings. The topological polar surface area (TPSA) is 138 Å². The number of rotatable bonds is 10. The van der Waals surface area contributed by atoms with Crippen molar-refractivity contribution in [1.29, 1.82) is 0 Å². The van der Waals surface area contributed by atoms with Crippen LogP contribution in [-0.4, -0.2) is 45.0 Å². The van der Waals surface area contributed by atoms with Gasteiger partial charge in [-0.25, -0.2) is 9.78 Å². The lowest BCUT2D eigenvalue weighted by Gasteiger charge is -2.28. The van der Waals surface area contributed by atoms with Crippen LogP contribution in [0, 0.1) is 16.0 Å². The third-order valence-corrected chi connectivity index (χ3v) is 5.62. The van der Waals surface area contributed by atoms with Gasteiger partial charge in [0.1, 0.15) is 11.2 Å². The summed E-state index contributed by atoms with van der Waals surface area (Å²) in [7, 11) is 0. The molecule has 1 unspecified atom stereocenters. The number of carbonyl (C=O) groups is 1. The third-order valence-electron chi connectivity index (χ3n) is 4.62. The molecule has 10 heteroatoms. The number of nitro benzene ring substituents is 1. The molecule has 0 aliphatic rings. The van der Waals surface area contributed by atoms with Gasteiger partial charge in [0, 0.05) is 30.0 Å². The fraction of sp³-hybridized carbons (Fsp3) is 0.474. The van der Waals surface area contributed by atoms with Gasteiger partial charge in [-0.1, -0.05) is 32.9 Å². The number of aliphatic hydroxyl groups excluding tert-OH is 1. The Labute approximate surface area is 173 Å². The lowest BCUT2D eigenvalue weighted by Crippen LogP contribution is -2.53. The van der Waals surface area contributed by atoms with Crippen molar-refractivity contribution in [3.63, 3.8) is 0 Å². The number of hydrogen-bond acceptors (Lipinski definition) is 7. The molecule has 29 heavy (non-hydrogen) atoms. The van der Waals surface area contributed by atoms with E-state index in [1.807, 2.05) is 26.2 Å². The van der Waals surface area contributed by atoms with Gasteiger partial charge >= 0.3 is 6.09 Å². The van der Waals surface area contributed by atoms with Crippen LogP contribution in [0.4, 0.5) is 10.5 Å². The van der Waals surface area contributed by atoms with Crippen LogP contribution in [0.25, 0.3) is 0 Å². The van der Waals surface area contributed by atoms with E-state index in [1.54, 1.807) is 12.1 Å². The molecule has 0 fully saturated rings. The van der Waals surface area contributed by atoms with E-state index in [-0.39, 0.29) is 17.5 Å². The number of carboxylic acid groups (broad SMARTS) is 1. The number of benzene rings is 1. The Morgan fingerprint density at radius 3 is 2.45 bits per heavy atom. The minimum absolute atomic E-state index is 0.000546. The number of nitrogens with zero attached hydrogens (tertiary/aromatic N) is 2. The second-order valence-electron chi connectivity index (χ2n) is 7.00. The van der Waals surface area contributed by atoms with Crippen LogP contribution in [0.3, 0.4) is 0 Å². The molecule has 0 bridgehead atoms. The number of aryl methyl sites for hydroxylation is 1. The number of aliphatic hydroxyl groups is 1. The molecule has 1 aromatic carbocycles. The summed E-state index contributed by atoms with van der Waals surface area (Å²) in [5, 5.41) is 38.5. The van der Waals surface area contributed by atoms with Crippen LogP contribution in [-0.2, 0) is 6.42 Å². The van der Waals surface area contributed by atoms with Gasteiger partial charge in [0.05, 0.1) is 16.7 Å². The molecule has 0 aliphatic heterocycles. The van der Waals surface area contributed by atoms with Gasteiger partial charge in [0.15, 0.2) is 0 Å². The van der Waals surface area contributed by atoms with E-state index in [0.29, 0.717) is 6.54 Å². The molecule has 158 valence electrons. The van der Waals surface area contributed by atoms with Crippen molar-refractivity contribution >= 4 is 23.1 Å². The fourth-order valence-electron chi connectivity index (χ4n) is 2.94. The van der Waals surface area contributed by atoms with Crippen LogP contribution >= 0.6 is 11.3 Å². The number of thiazole rings is 1. The Kier molecular flexibility index (Phi) is 8.06. The first-order chi connectivity index (χ1) is 13.7. The average Bonchev–Trinajstić information content (AvgIpc) is 3.15. The zero-order valence-electron chi connectivity index (χ0n) is 16.5. The molecule has 0 spiro atoms. The summed E-state index contributed by atoms with van der Waals surface area (Å²) in [5.41, 5.74) is 1.77. The van der Waals surface area contributed by atoms with Crippen molar-refractivity contribution < 1.29 is 19.9 Å². The Morgan fingerprint density at radius 2 is 1.97 bits per heavy atom. The molecule has 0 saturated heterocycles. The lowest BCUT2D eigenvalue weighted by atomic mass is 9.98. The smallest absolute Gasteiger partial charge is 0.405 e. The summed E-state index contributed by atoms with van der Waals surface area (Å²) >= 11 is 1.49. The standard InChI is InChI=1S/C19H26N4O5S/c1-4-13-10-29-18(21-13)15(12-5-7-14(8-6-12)23(27)28)9-20-17(24)16(11(2)3)22-19(25)26/h5-8,10-11,15-17,20,22,24H,4,9H2,1-3H3,(H,25,26)/t15-,16?,17+/m1/s1. The minimum Gasteiger partial charge on any atom is -0.465 e. The molecule has 3 atom stereocenters. The molecule has 0 saturated carbocycles. The SMILES string of the molecule is CCc1csc([C@H](CN[C@@H](O)C(NC(=O)O)C(C)C)c2ccc([N+](=O)[O-])cc2)n1. The maximum atomic E-state index is 11.0. The molecular weight excluding hydrogens is 396 g/mol. The van der Waals surface area contributed by atoms with Gasteiger partial charge in [0.2, 0.25) is 0 Å². The van der Waals surface area contributed by atoms with Crippen LogP contribution in [0.2, 0.25) is 0 Å². The zero-order valence-corrected chi connectivity index (χ0v) is 17.3. The highest BCUT2D eigenvalue weighted by Gasteiger charge is 2.26. The highest BCUT2D eigenvalue weighted by molar-refractivity contribution is 7.09. The Hall–Kier alpha value is -2.56. The summed E-state index contributed by atoms with van der Waals surface area (Å²) in [4.78, 5) is 26.1. The molecule has 0 radical (unpaired) electrons. The van der Waals surface area contributed by atoms with Crippen molar-refractivity contribution in [2.45, 2.75) is 45.4 Å². The highest BCUT2D eigenvalue weighted by Crippen LogP contribution is 2.29. The largest absolute Gasteiger partial charge is 0.465 e. The maximum Gasteiger partial charge on any atom is 0.405 e. The number of hydrogen-bond donors (Lipinski definition) is 4. The van der Waals surface area contributed by atoms with Gasteiger partial charge in [-0.2, -0.15) is 0 Å². The molecule has 9 nitrogen and oxygen atoms in total. The molecular formula is C19H26N4O5S. The third kappa shape index (κ3) is 6.21. The molecule has 1 heterocycles. The van der Waals surface area contributed by atoms with Crippen molar-refractivity contribution in [2.75, 3.05) is 6.54 Å². The molecule has 0 aliphatic carbocycles. The predicted molar refractivity (Wildman–Crippen MR) is 110 cm³/mol. The van der Waals surface area contributed by atoms with Crippen molar-refractivity contribution in [1.82, 2.24) is 15.6 Å². The molecule has 2 rings (SSSR count). The quantitative estimate of drug-likeness (QED) is 0.262. The maximum absolute atomic E-state index is 11.0. The van der Waals surface area contributed by atoms with Crippen LogP contribution < -0.4 is 10.6 Å². The lowest BCUT2D eigenvalue weighted by molar-refractivity contribution is -0.384. The first-order valence-electron chi connectivity index (χ1n) is 9.32. The Morgan fingerprint density at radius 1 is 1.31 bits per heavy atom. The first kappa shape index (κ1) is 22.7. The van der Waals surface area contributed by atoms with Crippen LogP contribution in [0.5, 0.6) is 0 Å². The second kappa shape index (κ2) is 10.3. The number of nitrogens with one attached hydrogen (secondary N) is 2. The number of non-ortho nitro benzene ring substituents is 1.